The predicted molar refractivity (Wildman–Crippen MR) is 35.0 cm³/mol. The smallest absolute Gasteiger partial charge is 0.252 e. The van der Waals surface area contributed by atoms with Crippen LogP contribution >= 0.6 is 23.5 Å². The first-order chi connectivity index (χ1) is 4.02. The molecular formula is C4H4F2OS2. The third-order valence-electron chi connectivity index (χ3n) is 0.888. The van der Waals surface area contributed by atoms with Crippen LogP contribution in [0, 0.1) is 0 Å². The first-order valence-corrected chi connectivity index (χ1v) is 3.94. The van der Waals surface area contributed by atoms with Crippen molar-refractivity contribution < 1.29 is 13.6 Å². The summed E-state index contributed by atoms with van der Waals surface area (Å²) in [4.78, 5) is 10.3. The van der Waals surface area contributed by atoms with Gasteiger partial charge in [-0.05, 0) is 30.4 Å². The SMILES string of the molecule is CC1(F)SC(=O)SC1F. The van der Waals surface area contributed by atoms with Crippen LogP contribution in [-0.4, -0.2) is 15.0 Å². The van der Waals surface area contributed by atoms with Gasteiger partial charge in [-0.15, -0.1) is 0 Å². The van der Waals surface area contributed by atoms with Gasteiger partial charge in [-0.3, -0.25) is 4.79 Å². The third kappa shape index (κ3) is 1.38. The fraction of sp³-hybridized carbons (Fsp3) is 0.750. The third-order valence-corrected chi connectivity index (χ3v) is 3.19. The molecule has 1 heterocycles. The molecule has 9 heavy (non-hydrogen) atoms. The van der Waals surface area contributed by atoms with Crippen LogP contribution in [0.15, 0.2) is 0 Å². The zero-order chi connectivity index (χ0) is 7.07. The van der Waals surface area contributed by atoms with E-state index >= 15 is 0 Å². The Hall–Kier alpha value is 0.230. The number of halogens is 2. The number of hydrogen-bond donors (Lipinski definition) is 0. The zero-order valence-electron chi connectivity index (χ0n) is 4.56. The van der Waals surface area contributed by atoms with Crippen LogP contribution < -0.4 is 0 Å². The zero-order valence-corrected chi connectivity index (χ0v) is 6.19. The summed E-state index contributed by atoms with van der Waals surface area (Å²) in [6.07, 6.45) is 0. The minimum atomic E-state index is -2.01. The maximum absolute atomic E-state index is 12.6. The van der Waals surface area contributed by atoms with E-state index < -0.39 is 15.0 Å². The van der Waals surface area contributed by atoms with Crippen LogP contribution in [-0.2, 0) is 0 Å². The Kier molecular flexibility index (Phi) is 1.73. The van der Waals surface area contributed by atoms with E-state index in [0.29, 0.717) is 23.5 Å². The summed E-state index contributed by atoms with van der Waals surface area (Å²) in [5.41, 5.74) is -1.70. The standard InChI is InChI=1S/C4H4F2OS2/c1-4(6)2(5)8-3(7)9-4/h2H,1H3. The molecule has 0 aromatic heterocycles. The van der Waals surface area contributed by atoms with E-state index in [1.165, 1.54) is 0 Å². The predicted octanol–water partition coefficient (Wildman–Crippen LogP) is 2.57. The van der Waals surface area contributed by atoms with Gasteiger partial charge in [-0.2, -0.15) is 0 Å². The lowest BCUT2D eigenvalue weighted by atomic mass is 10.5. The van der Waals surface area contributed by atoms with Crippen molar-refractivity contribution in [3.63, 3.8) is 0 Å². The molecule has 0 saturated carbocycles. The number of rotatable bonds is 0. The van der Waals surface area contributed by atoms with Crippen molar-refractivity contribution in [3.05, 3.63) is 0 Å². The number of hydrogen-bond acceptors (Lipinski definition) is 3. The quantitative estimate of drug-likeness (QED) is 0.556. The van der Waals surface area contributed by atoms with E-state index in [4.69, 9.17) is 0 Å². The molecule has 1 fully saturated rings. The molecule has 0 spiro atoms. The van der Waals surface area contributed by atoms with Gasteiger partial charge in [0.15, 0.2) is 5.50 Å². The summed E-state index contributed by atoms with van der Waals surface area (Å²) >= 11 is 0.823. The molecular weight excluding hydrogens is 166 g/mol. The van der Waals surface area contributed by atoms with Crippen molar-refractivity contribution in [2.75, 3.05) is 0 Å². The van der Waals surface area contributed by atoms with Crippen molar-refractivity contribution in [2.24, 2.45) is 0 Å². The topological polar surface area (TPSA) is 17.1 Å². The van der Waals surface area contributed by atoms with Crippen LogP contribution in [0.2, 0.25) is 0 Å². The van der Waals surface area contributed by atoms with E-state index in [1.54, 1.807) is 0 Å². The van der Waals surface area contributed by atoms with Gasteiger partial charge in [0.2, 0.25) is 5.00 Å². The number of carbonyl (C=O) groups excluding carboxylic acids is 1. The molecule has 1 saturated heterocycles. The Labute approximate surface area is 59.6 Å². The summed E-state index contributed by atoms with van der Waals surface area (Å²) in [5.74, 6) is 0. The summed E-state index contributed by atoms with van der Waals surface area (Å²) in [6.45, 7) is 1.07. The lowest BCUT2D eigenvalue weighted by Crippen LogP contribution is -2.18. The number of carbonyl (C=O) groups is 1. The molecule has 0 amide bonds. The monoisotopic (exact) mass is 170 g/mol. The molecule has 2 atom stereocenters. The second-order valence-electron chi connectivity index (χ2n) is 1.77. The van der Waals surface area contributed by atoms with Crippen molar-refractivity contribution in [3.8, 4) is 0 Å². The Morgan fingerprint density at radius 3 is 2.44 bits per heavy atom. The fourth-order valence-electron chi connectivity index (χ4n) is 0.423. The van der Waals surface area contributed by atoms with Crippen molar-refractivity contribution in [1.82, 2.24) is 0 Å². The molecule has 0 aromatic carbocycles. The highest BCUT2D eigenvalue weighted by atomic mass is 32.2. The highest BCUT2D eigenvalue weighted by Crippen LogP contribution is 2.48. The second-order valence-corrected chi connectivity index (χ2v) is 4.42. The summed E-state index contributed by atoms with van der Waals surface area (Å²) in [7, 11) is 0. The van der Waals surface area contributed by atoms with Crippen LogP contribution in [0.4, 0.5) is 13.6 Å². The lowest BCUT2D eigenvalue weighted by molar-refractivity contribution is 0.223. The summed E-state index contributed by atoms with van der Waals surface area (Å²) in [5, 5.41) is -2.01. The first kappa shape index (κ1) is 7.34. The van der Waals surface area contributed by atoms with Crippen molar-refractivity contribution >= 4 is 28.0 Å². The molecule has 5 heteroatoms. The average Bonchev–Trinajstić information content (AvgIpc) is 1.79. The minimum Gasteiger partial charge on any atom is -0.274 e. The van der Waals surface area contributed by atoms with Gasteiger partial charge in [-0.25, -0.2) is 8.78 Å². The minimum absolute atomic E-state index is 0.410. The lowest BCUT2D eigenvalue weighted by Gasteiger charge is -2.10. The molecule has 0 aromatic rings. The van der Waals surface area contributed by atoms with Crippen molar-refractivity contribution in [1.29, 1.82) is 0 Å². The molecule has 0 aliphatic carbocycles. The Morgan fingerprint density at radius 2 is 2.33 bits per heavy atom. The maximum atomic E-state index is 12.6. The molecule has 1 aliphatic heterocycles. The van der Waals surface area contributed by atoms with Gasteiger partial charge in [0.25, 0.3) is 4.45 Å². The van der Waals surface area contributed by atoms with Crippen LogP contribution in [0.25, 0.3) is 0 Å². The largest absolute Gasteiger partial charge is 0.274 e. The molecule has 0 radical (unpaired) electrons. The van der Waals surface area contributed by atoms with Gasteiger partial charge in [-0.1, -0.05) is 0 Å². The number of thioether (sulfide) groups is 2. The van der Waals surface area contributed by atoms with E-state index in [0.717, 1.165) is 6.92 Å². The van der Waals surface area contributed by atoms with E-state index in [2.05, 4.69) is 0 Å². The van der Waals surface area contributed by atoms with Crippen molar-refractivity contribution in [2.45, 2.75) is 17.4 Å². The van der Waals surface area contributed by atoms with Gasteiger partial charge in [0.1, 0.15) is 0 Å². The highest BCUT2D eigenvalue weighted by molar-refractivity contribution is 8.42. The highest BCUT2D eigenvalue weighted by Gasteiger charge is 2.46. The molecule has 1 rings (SSSR count). The molecule has 1 aliphatic rings. The molecule has 0 N–H and O–H groups in total. The van der Waals surface area contributed by atoms with Crippen LogP contribution in [0.3, 0.4) is 0 Å². The van der Waals surface area contributed by atoms with E-state index in [1.807, 2.05) is 0 Å². The maximum Gasteiger partial charge on any atom is 0.252 e. The molecule has 2 unspecified atom stereocenters. The van der Waals surface area contributed by atoms with E-state index in [9.17, 15) is 13.6 Å². The molecule has 0 bridgehead atoms. The van der Waals surface area contributed by atoms with Crippen LogP contribution in [0.5, 0.6) is 0 Å². The Balaban J connectivity index is 2.69. The van der Waals surface area contributed by atoms with Gasteiger partial charge < -0.3 is 0 Å². The first-order valence-electron chi connectivity index (χ1n) is 2.25. The molecule has 1 nitrogen and oxygen atoms in total. The number of alkyl halides is 2. The second kappa shape index (κ2) is 2.12. The Morgan fingerprint density at radius 1 is 1.78 bits per heavy atom. The van der Waals surface area contributed by atoms with E-state index in [-0.39, 0.29) is 0 Å². The summed E-state index contributed by atoms with van der Waals surface area (Å²) in [6, 6.07) is 0. The average molecular weight is 170 g/mol. The van der Waals surface area contributed by atoms with Gasteiger partial charge in [0.05, 0.1) is 0 Å². The van der Waals surface area contributed by atoms with Gasteiger partial charge in [0, 0.05) is 0 Å². The normalized spacial score (nSPS) is 43.9. The van der Waals surface area contributed by atoms with Gasteiger partial charge >= 0.3 is 0 Å². The molecule has 52 valence electrons. The summed E-state index contributed by atoms with van der Waals surface area (Å²) < 4.78 is 24.4. The van der Waals surface area contributed by atoms with Crippen LogP contribution in [0.1, 0.15) is 6.92 Å². The fourth-order valence-corrected chi connectivity index (χ4v) is 2.44. The Bertz CT molecular complexity index is 148.